The van der Waals surface area contributed by atoms with Crippen LogP contribution in [0.1, 0.15) is 6.23 Å². The van der Waals surface area contributed by atoms with E-state index in [2.05, 4.69) is 9.97 Å². The molecule has 0 saturated carbocycles. The Labute approximate surface area is 142 Å². The van der Waals surface area contributed by atoms with Crippen molar-refractivity contribution in [3.05, 3.63) is 54.4 Å². The van der Waals surface area contributed by atoms with Crippen molar-refractivity contribution in [1.29, 1.82) is 0 Å². The third kappa shape index (κ3) is 2.31. The Hall–Kier alpha value is -3.10. The smallest absolute Gasteiger partial charge is 0.210 e. The molecule has 0 fully saturated rings. The molecule has 8 nitrogen and oxygen atoms in total. The third-order valence-electron chi connectivity index (χ3n) is 4.24. The molecular formula is C17H16N4O4. The van der Waals surface area contributed by atoms with Gasteiger partial charge in [-0.1, -0.05) is 30.3 Å². The number of anilines is 1. The largest absolute Gasteiger partial charge is 0.506 e. The summed E-state index contributed by atoms with van der Waals surface area (Å²) in [6, 6.07) is 9.55. The second kappa shape index (κ2) is 5.76. The predicted octanol–water partition coefficient (Wildman–Crippen LogP) is 1.33. The SMILES string of the molecule is Nc1ncnc2c1c(-c1ccccc1)cn2[C@@H]1OC(CO)=C(O)C1O. The zero-order valence-corrected chi connectivity index (χ0v) is 13.1. The molecule has 1 aromatic carbocycles. The van der Waals surface area contributed by atoms with Crippen molar-refractivity contribution in [3.8, 4) is 11.1 Å². The summed E-state index contributed by atoms with van der Waals surface area (Å²) in [6.07, 6.45) is 0.783. The van der Waals surface area contributed by atoms with Crippen molar-refractivity contribution in [2.75, 3.05) is 12.3 Å². The fraction of sp³-hybridized carbons (Fsp3) is 0.176. The van der Waals surface area contributed by atoms with Crippen LogP contribution in [0.5, 0.6) is 0 Å². The zero-order valence-electron chi connectivity index (χ0n) is 13.1. The van der Waals surface area contributed by atoms with Crippen molar-refractivity contribution in [2.24, 2.45) is 0 Å². The first-order valence-electron chi connectivity index (χ1n) is 7.66. The molecule has 2 aromatic heterocycles. The van der Waals surface area contributed by atoms with Gasteiger partial charge in [0.05, 0.1) is 5.39 Å². The second-order valence-corrected chi connectivity index (χ2v) is 5.69. The third-order valence-corrected chi connectivity index (χ3v) is 4.24. The Morgan fingerprint density at radius 3 is 2.64 bits per heavy atom. The number of nitrogen functional groups attached to an aromatic ring is 1. The van der Waals surface area contributed by atoms with Crippen LogP contribution in [0, 0.1) is 0 Å². The number of hydrogen-bond donors (Lipinski definition) is 4. The van der Waals surface area contributed by atoms with Crippen molar-refractivity contribution >= 4 is 16.9 Å². The van der Waals surface area contributed by atoms with Crippen LogP contribution in [0.4, 0.5) is 5.82 Å². The van der Waals surface area contributed by atoms with Gasteiger partial charge in [-0.2, -0.15) is 0 Å². The number of benzene rings is 1. The predicted molar refractivity (Wildman–Crippen MR) is 90.2 cm³/mol. The van der Waals surface area contributed by atoms with Crippen molar-refractivity contribution in [3.63, 3.8) is 0 Å². The Bertz CT molecular complexity index is 967. The summed E-state index contributed by atoms with van der Waals surface area (Å²) in [7, 11) is 0. The topological polar surface area (TPSA) is 127 Å². The average molecular weight is 340 g/mol. The molecule has 8 heteroatoms. The highest BCUT2D eigenvalue weighted by molar-refractivity contribution is 6.00. The van der Waals surface area contributed by atoms with E-state index in [1.54, 1.807) is 10.8 Å². The van der Waals surface area contributed by atoms with Gasteiger partial charge in [-0.15, -0.1) is 0 Å². The van der Waals surface area contributed by atoms with E-state index >= 15 is 0 Å². The lowest BCUT2D eigenvalue weighted by Gasteiger charge is -2.17. The zero-order chi connectivity index (χ0) is 17.6. The summed E-state index contributed by atoms with van der Waals surface area (Å²) in [4.78, 5) is 8.31. The van der Waals surface area contributed by atoms with Gasteiger partial charge in [0.25, 0.3) is 0 Å². The lowest BCUT2D eigenvalue weighted by Crippen LogP contribution is -2.22. The molecule has 0 bridgehead atoms. The Morgan fingerprint density at radius 1 is 1.20 bits per heavy atom. The maximum Gasteiger partial charge on any atom is 0.210 e. The molecule has 4 rings (SSSR count). The fourth-order valence-electron chi connectivity index (χ4n) is 3.04. The summed E-state index contributed by atoms with van der Waals surface area (Å²) in [5.41, 5.74) is 8.20. The van der Waals surface area contributed by atoms with Gasteiger partial charge < -0.3 is 25.8 Å². The van der Waals surface area contributed by atoms with Crippen LogP contribution in [0.2, 0.25) is 0 Å². The summed E-state index contributed by atoms with van der Waals surface area (Å²) in [6.45, 7) is -0.513. The first-order valence-corrected chi connectivity index (χ1v) is 7.66. The first kappa shape index (κ1) is 15.4. The van der Waals surface area contributed by atoms with Crippen LogP contribution < -0.4 is 5.73 Å². The lowest BCUT2D eigenvalue weighted by molar-refractivity contribution is -0.0116. The Balaban J connectivity index is 1.91. The number of nitrogens with two attached hydrogens (primary N) is 1. The molecule has 0 radical (unpaired) electrons. The van der Waals surface area contributed by atoms with Crippen LogP contribution in [-0.2, 0) is 4.74 Å². The quantitative estimate of drug-likeness (QED) is 0.566. The van der Waals surface area contributed by atoms with Crippen LogP contribution >= 0.6 is 0 Å². The van der Waals surface area contributed by atoms with Gasteiger partial charge in [0.2, 0.25) is 6.23 Å². The summed E-state index contributed by atoms with van der Waals surface area (Å²) >= 11 is 0. The molecule has 5 N–H and O–H groups in total. The van der Waals surface area contributed by atoms with Crippen LogP contribution in [0.3, 0.4) is 0 Å². The molecule has 0 saturated heterocycles. The Morgan fingerprint density at radius 2 is 1.96 bits per heavy atom. The number of aliphatic hydroxyl groups excluding tert-OH is 3. The molecule has 25 heavy (non-hydrogen) atoms. The van der Waals surface area contributed by atoms with E-state index in [0.717, 1.165) is 11.1 Å². The molecule has 2 atom stereocenters. The lowest BCUT2D eigenvalue weighted by atomic mass is 10.1. The van der Waals surface area contributed by atoms with Gasteiger partial charge in [0.1, 0.15) is 24.4 Å². The molecular weight excluding hydrogens is 324 g/mol. The van der Waals surface area contributed by atoms with Gasteiger partial charge in [-0.05, 0) is 5.56 Å². The molecule has 1 aliphatic heterocycles. The molecule has 3 aromatic rings. The molecule has 1 unspecified atom stereocenters. The standard InChI is InChI=1S/C17H16N4O4/c18-15-12-10(9-4-2-1-3-5-9)6-21(16(12)20-8-19-15)17-14(24)13(23)11(7-22)25-17/h1-6,8,14,17,22-24H,7H2,(H2,18,19,20)/t14?,17-/m1/s1. The van der Waals surface area contributed by atoms with E-state index in [1.807, 2.05) is 30.3 Å². The van der Waals surface area contributed by atoms with Gasteiger partial charge in [0, 0.05) is 11.8 Å². The van der Waals surface area contributed by atoms with Gasteiger partial charge >= 0.3 is 0 Å². The maximum absolute atomic E-state index is 10.3. The number of ether oxygens (including phenoxy) is 1. The second-order valence-electron chi connectivity index (χ2n) is 5.69. The highest BCUT2D eigenvalue weighted by atomic mass is 16.5. The average Bonchev–Trinajstić information content (AvgIpc) is 3.15. The van der Waals surface area contributed by atoms with Crippen molar-refractivity contribution in [2.45, 2.75) is 12.3 Å². The number of hydrogen-bond acceptors (Lipinski definition) is 7. The highest BCUT2D eigenvalue weighted by Crippen LogP contribution is 2.38. The molecule has 128 valence electrons. The number of rotatable bonds is 3. The summed E-state index contributed by atoms with van der Waals surface area (Å²) in [5, 5.41) is 30.1. The van der Waals surface area contributed by atoms with Crippen LogP contribution in [-0.4, -0.2) is 42.6 Å². The minimum Gasteiger partial charge on any atom is -0.506 e. The Kier molecular flexibility index (Phi) is 3.56. The van der Waals surface area contributed by atoms with Crippen LogP contribution in [0.25, 0.3) is 22.2 Å². The number of nitrogens with zero attached hydrogens (tertiary/aromatic N) is 3. The van der Waals surface area contributed by atoms with E-state index < -0.39 is 24.7 Å². The molecule has 0 amide bonds. The first-order chi connectivity index (χ1) is 12.1. The fourth-order valence-corrected chi connectivity index (χ4v) is 3.04. The monoisotopic (exact) mass is 340 g/mol. The van der Waals surface area contributed by atoms with E-state index in [-0.39, 0.29) is 5.76 Å². The maximum atomic E-state index is 10.3. The molecule has 3 heterocycles. The number of fused-ring (bicyclic) bond motifs is 1. The molecule has 0 aliphatic carbocycles. The van der Waals surface area contributed by atoms with E-state index in [1.165, 1.54) is 6.33 Å². The van der Waals surface area contributed by atoms with Crippen molar-refractivity contribution < 1.29 is 20.1 Å². The molecule has 0 spiro atoms. The number of aliphatic hydroxyl groups is 3. The number of aromatic nitrogens is 3. The van der Waals surface area contributed by atoms with Crippen molar-refractivity contribution in [1.82, 2.24) is 14.5 Å². The minimum absolute atomic E-state index is 0.0670. The minimum atomic E-state index is -1.32. The normalized spacial score (nSPS) is 20.2. The van der Waals surface area contributed by atoms with Gasteiger partial charge in [-0.25, -0.2) is 9.97 Å². The van der Waals surface area contributed by atoms with Gasteiger partial charge in [0.15, 0.2) is 17.6 Å². The van der Waals surface area contributed by atoms with Crippen LogP contribution in [0.15, 0.2) is 54.4 Å². The summed E-state index contributed by atoms with van der Waals surface area (Å²) in [5.74, 6) is -0.157. The van der Waals surface area contributed by atoms with E-state index in [4.69, 9.17) is 10.5 Å². The molecule has 1 aliphatic rings. The van der Waals surface area contributed by atoms with Gasteiger partial charge in [-0.3, -0.25) is 4.57 Å². The van der Waals surface area contributed by atoms with E-state index in [0.29, 0.717) is 16.9 Å². The summed E-state index contributed by atoms with van der Waals surface area (Å²) < 4.78 is 7.09. The highest BCUT2D eigenvalue weighted by Gasteiger charge is 2.38. The van der Waals surface area contributed by atoms with E-state index in [9.17, 15) is 15.3 Å².